The SMILES string of the molecule is CCNC(CCCC1CCCO1)CSc1ccc(C)cc1. The lowest BCUT2D eigenvalue weighted by Crippen LogP contribution is -2.31. The second-order valence-electron chi connectivity index (χ2n) is 5.94. The molecule has 0 aliphatic carbocycles. The van der Waals surface area contributed by atoms with E-state index in [9.17, 15) is 0 Å². The monoisotopic (exact) mass is 307 g/mol. The predicted molar refractivity (Wildman–Crippen MR) is 92.2 cm³/mol. The number of thioether (sulfide) groups is 1. The Kier molecular flexibility index (Phi) is 7.62. The second-order valence-corrected chi connectivity index (χ2v) is 7.04. The second kappa shape index (κ2) is 9.50. The van der Waals surface area contributed by atoms with Crippen LogP contribution in [0.3, 0.4) is 0 Å². The van der Waals surface area contributed by atoms with Gasteiger partial charge in [0.2, 0.25) is 0 Å². The first-order valence-corrected chi connectivity index (χ1v) is 9.31. The number of hydrogen-bond acceptors (Lipinski definition) is 3. The Labute approximate surface area is 134 Å². The van der Waals surface area contributed by atoms with Gasteiger partial charge in [-0.3, -0.25) is 0 Å². The maximum Gasteiger partial charge on any atom is 0.0576 e. The molecule has 0 aromatic heterocycles. The quantitative estimate of drug-likeness (QED) is 0.683. The Hall–Kier alpha value is -0.510. The zero-order valence-corrected chi connectivity index (χ0v) is 14.3. The van der Waals surface area contributed by atoms with E-state index >= 15 is 0 Å². The van der Waals surface area contributed by atoms with E-state index in [0.29, 0.717) is 12.1 Å². The molecule has 0 bridgehead atoms. The average Bonchev–Trinajstić information content (AvgIpc) is 3.00. The third kappa shape index (κ3) is 6.41. The van der Waals surface area contributed by atoms with Gasteiger partial charge in [0.05, 0.1) is 6.10 Å². The molecule has 1 aromatic rings. The van der Waals surface area contributed by atoms with Crippen molar-refractivity contribution in [1.82, 2.24) is 5.32 Å². The van der Waals surface area contributed by atoms with Crippen molar-refractivity contribution >= 4 is 11.8 Å². The highest BCUT2D eigenvalue weighted by molar-refractivity contribution is 7.99. The number of ether oxygens (including phenoxy) is 1. The summed E-state index contributed by atoms with van der Waals surface area (Å²) in [6.45, 7) is 6.37. The van der Waals surface area contributed by atoms with Gasteiger partial charge in [-0.25, -0.2) is 0 Å². The highest BCUT2D eigenvalue weighted by atomic mass is 32.2. The van der Waals surface area contributed by atoms with Gasteiger partial charge in [0, 0.05) is 23.3 Å². The molecule has 0 amide bonds. The average molecular weight is 308 g/mol. The van der Waals surface area contributed by atoms with E-state index in [1.807, 2.05) is 11.8 Å². The lowest BCUT2D eigenvalue weighted by Gasteiger charge is -2.18. The number of hydrogen-bond donors (Lipinski definition) is 1. The molecule has 118 valence electrons. The molecule has 1 fully saturated rings. The van der Waals surface area contributed by atoms with Gasteiger partial charge >= 0.3 is 0 Å². The summed E-state index contributed by atoms with van der Waals surface area (Å²) in [7, 11) is 0. The molecule has 3 heteroatoms. The number of nitrogens with one attached hydrogen (secondary N) is 1. The van der Waals surface area contributed by atoms with E-state index < -0.39 is 0 Å². The van der Waals surface area contributed by atoms with Crippen molar-refractivity contribution in [2.45, 2.75) is 63.0 Å². The summed E-state index contributed by atoms with van der Waals surface area (Å²) in [6.07, 6.45) is 6.83. The molecule has 0 radical (unpaired) electrons. The summed E-state index contributed by atoms with van der Waals surface area (Å²) < 4.78 is 5.71. The first-order chi connectivity index (χ1) is 10.3. The van der Waals surface area contributed by atoms with Gasteiger partial charge in [0.1, 0.15) is 0 Å². The van der Waals surface area contributed by atoms with Crippen LogP contribution in [0.1, 0.15) is 44.6 Å². The molecule has 0 spiro atoms. The van der Waals surface area contributed by atoms with E-state index in [-0.39, 0.29) is 0 Å². The van der Waals surface area contributed by atoms with Crippen LogP contribution in [-0.4, -0.2) is 31.1 Å². The molecule has 1 saturated heterocycles. The topological polar surface area (TPSA) is 21.3 Å². The molecular weight excluding hydrogens is 278 g/mol. The van der Waals surface area contributed by atoms with Crippen LogP contribution < -0.4 is 5.32 Å². The van der Waals surface area contributed by atoms with Gasteiger partial charge < -0.3 is 10.1 Å². The zero-order valence-electron chi connectivity index (χ0n) is 13.4. The first kappa shape index (κ1) is 16.9. The Balaban J connectivity index is 1.68. The lowest BCUT2D eigenvalue weighted by atomic mass is 10.1. The summed E-state index contributed by atoms with van der Waals surface area (Å²) in [5.74, 6) is 1.16. The maximum absolute atomic E-state index is 5.71. The molecule has 2 nitrogen and oxygen atoms in total. The number of benzene rings is 1. The van der Waals surface area contributed by atoms with Gasteiger partial charge in [-0.05, 0) is 57.7 Å². The van der Waals surface area contributed by atoms with Crippen LogP contribution >= 0.6 is 11.8 Å². The van der Waals surface area contributed by atoms with E-state index in [4.69, 9.17) is 4.74 Å². The number of aryl methyl sites for hydroxylation is 1. The van der Waals surface area contributed by atoms with Crippen LogP contribution in [0.15, 0.2) is 29.2 Å². The Morgan fingerprint density at radius 3 is 2.81 bits per heavy atom. The largest absolute Gasteiger partial charge is 0.378 e. The summed E-state index contributed by atoms with van der Waals surface area (Å²) in [4.78, 5) is 1.38. The van der Waals surface area contributed by atoms with Crippen molar-refractivity contribution in [1.29, 1.82) is 0 Å². The molecule has 2 rings (SSSR count). The summed E-state index contributed by atoms with van der Waals surface area (Å²) in [5, 5.41) is 3.63. The predicted octanol–water partition coefficient (Wildman–Crippen LogP) is 4.41. The van der Waals surface area contributed by atoms with Gasteiger partial charge in [-0.15, -0.1) is 11.8 Å². The molecule has 1 aromatic carbocycles. The highest BCUT2D eigenvalue weighted by Crippen LogP contribution is 2.22. The molecular formula is C18H29NOS. The fourth-order valence-corrected chi connectivity index (χ4v) is 3.83. The van der Waals surface area contributed by atoms with Crippen LogP contribution in [0.4, 0.5) is 0 Å². The first-order valence-electron chi connectivity index (χ1n) is 8.32. The molecule has 1 heterocycles. The summed E-state index contributed by atoms with van der Waals surface area (Å²) in [6, 6.07) is 9.47. The standard InChI is InChI=1S/C18H29NOS/c1-3-19-16(6-4-7-17-8-5-13-20-17)14-21-18-11-9-15(2)10-12-18/h9-12,16-17,19H,3-8,13-14H2,1-2H3. The van der Waals surface area contributed by atoms with Crippen LogP contribution in [0.25, 0.3) is 0 Å². The van der Waals surface area contributed by atoms with E-state index in [1.54, 1.807) is 0 Å². The third-order valence-electron chi connectivity index (χ3n) is 4.07. The fraction of sp³-hybridized carbons (Fsp3) is 0.667. The third-order valence-corrected chi connectivity index (χ3v) is 5.24. The highest BCUT2D eigenvalue weighted by Gasteiger charge is 2.16. The molecule has 1 aliphatic heterocycles. The Bertz CT molecular complexity index is 387. The minimum atomic E-state index is 0.539. The Morgan fingerprint density at radius 2 is 2.14 bits per heavy atom. The molecule has 2 atom stereocenters. The van der Waals surface area contributed by atoms with Crippen LogP contribution in [0.5, 0.6) is 0 Å². The van der Waals surface area contributed by atoms with Gasteiger partial charge in [0.25, 0.3) is 0 Å². The van der Waals surface area contributed by atoms with Crippen LogP contribution in [0.2, 0.25) is 0 Å². The zero-order chi connectivity index (χ0) is 14.9. The van der Waals surface area contributed by atoms with Crippen molar-refractivity contribution < 1.29 is 4.74 Å². The van der Waals surface area contributed by atoms with Crippen molar-refractivity contribution in [3.63, 3.8) is 0 Å². The van der Waals surface area contributed by atoms with E-state index in [0.717, 1.165) is 18.9 Å². The van der Waals surface area contributed by atoms with Crippen molar-refractivity contribution in [3.05, 3.63) is 29.8 Å². The fourth-order valence-electron chi connectivity index (χ4n) is 2.83. The van der Waals surface area contributed by atoms with Crippen LogP contribution in [-0.2, 0) is 4.74 Å². The van der Waals surface area contributed by atoms with Crippen LogP contribution in [0, 0.1) is 6.92 Å². The van der Waals surface area contributed by atoms with Crippen molar-refractivity contribution in [2.75, 3.05) is 18.9 Å². The van der Waals surface area contributed by atoms with Crippen molar-refractivity contribution in [2.24, 2.45) is 0 Å². The molecule has 2 unspecified atom stereocenters. The maximum atomic E-state index is 5.71. The van der Waals surface area contributed by atoms with Gasteiger partial charge in [-0.2, -0.15) is 0 Å². The van der Waals surface area contributed by atoms with E-state index in [2.05, 4.69) is 43.4 Å². The Morgan fingerprint density at radius 1 is 1.33 bits per heavy atom. The number of rotatable bonds is 9. The van der Waals surface area contributed by atoms with Gasteiger partial charge in [0.15, 0.2) is 0 Å². The molecule has 21 heavy (non-hydrogen) atoms. The van der Waals surface area contributed by atoms with Crippen molar-refractivity contribution in [3.8, 4) is 0 Å². The van der Waals surface area contributed by atoms with E-state index in [1.165, 1.54) is 42.6 Å². The smallest absolute Gasteiger partial charge is 0.0576 e. The molecule has 1 aliphatic rings. The minimum Gasteiger partial charge on any atom is -0.378 e. The van der Waals surface area contributed by atoms with Gasteiger partial charge in [-0.1, -0.05) is 24.6 Å². The lowest BCUT2D eigenvalue weighted by molar-refractivity contribution is 0.101. The minimum absolute atomic E-state index is 0.539. The normalized spacial score (nSPS) is 19.8. The summed E-state index contributed by atoms with van der Waals surface area (Å²) >= 11 is 1.97. The summed E-state index contributed by atoms with van der Waals surface area (Å²) in [5.41, 5.74) is 1.33. The molecule has 1 N–H and O–H groups in total. The molecule has 0 saturated carbocycles.